The Labute approximate surface area is 180 Å². The van der Waals surface area contributed by atoms with Gasteiger partial charge in [-0.1, -0.05) is 30.3 Å². The lowest BCUT2D eigenvalue weighted by atomic mass is 10.1. The molecule has 1 fully saturated rings. The fraction of sp³-hybridized carbons (Fsp3) is 0.261. The molecule has 1 aliphatic heterocycles. The summed E-state index contributed by atoms with van der Waals surface area (Å²) in [7, 11) is 1.64. The number of hydrogen-bond donors (Lipinski definition) is 2. The summed E-state index contributed by atoms with van der Waals surface area (Å²) in [5, 5.41) is 8.70. The minimum Gasteiger partial charge on any atom is -0.496 e. The van der Waals surface area contributed by atoms with Crippen LogP contribution >= 0.6 is 0 Å². The van der Waals surface area contributed by atoms with E-state index in [9.17, 15) is 0 Å². The molecule has 0 bridgehead atoms. The Morgan fingerprint density at radius 1 is 1.13 bits per heavy atom. The maximum absolute atomic E-state index is 6.56. The molecule has 8 heteroatoms. The van der Waals surface area contributed by atoms with E-state index in [0.29, 0.717) is 40.8 Å². The minimum atomic E-state index is 0.168. The fourth-order valence-electron chi connectivity index (χ4n) is 3.90. The van der Waals surface area contributed by atoms with Gasteiger partial charge in [-0.2, -0.15) is 4.98 Å². The molecule has 2 aromatic heterocycles. The Balaban J connectivity index is 1.66. The topological polar surface area (TPSA) is 100 Å². The normalized spacial score (nSPS) is 16.0. The zero-order valence-electron chi connectivity index (χ0n) is 17.3. The van der Waals surface area contributed by atoms with Gasteiger partial charge in [0.1, 0.15) is 11.6 Å². The summed E-state index contributed by atoms with van der Waals surface area (Å²) in [6.45, 7) is 1.45. The number of nitrogens with two attached hydrogens (primary N) is 1. The Hall–Kier alpha value is -3.65. The third-order valence-corrected chi connectivity index (χ3v) is 5.44. The van der Waals surface area contributed by atoms with Gasteiger partial charge in [0.25, 0.3) is 0 Å². The quantitative estimate of drug-likeness (QED) is 0.495. The lowest BCUT2D eigenvalue weighted by molar-refractivity contribution is 0.120. The van der Waals surface area contributed by atoms with E-state index >= 15 is 0 Å². The second-order valence-electron chi connectivity index (χ2n) is 7.44. The van der Waals surface area contributed by atoms with Gasteiger partial charge < -0.3 is 20.5 Å². The van der Waals surface area contributed by atoms with Crippen molar-refractivity contribution < 1.29 is 9.47 Å². The van der Waals surface area contributed by atoms with Crippen LogP contribution in [0.3, 0.4) is 0 Å². The smallest absolute Gasteiger partial charge is 0.225 e. The summed E-state index contributed by atoms with van der Waals surface area (Å²) < 4.78 is 13.0. The number of nitrogen functional groups attached to an aromatic ring is 1. The zero-order chi connectivity index (χ0) is 21.2. The third kappa shape index (κ3) is 3.66. The van der Waals surface area contributed by atoms with Crippen LogP contribution in [0.15, 0.2) is 54.6 Å². The first-order chi connectivity index (χ1) is 15.2. The van der Waals surface area contributed by atoms with Crippen LogP contribution in [-0.2, 0) is 4.74 Å². The van der Waals surface area contributed by atoms with E-state index in [4.69, 9.17) is 25.3 Å². The molecule has 8 nitrogen and oxygen atoms in total. The predicted octanol–water partition coefficient (Wildman–Crippen LogP) is 3.66. The van der Waals surface area contributed by atoms with Crippen LogP contribution in [0.25, 0.3) is 28.0 Å². The number of benzene rings is 2. The second kappa shape index (κ2) is 8.23. The van der Waals surface area contributed by atoms with E-state index in [1.807, 2.05) is 54.6 Å². The number of nitrogens with zero attached hydrogens (tertiary/aromatic N) is 4. The van der Waals surface area contributed by atoms with Gasteiger partial charge in [-0.3, -0.25) is 0 Å². The molecule has 0 amide bonds. The molecule has 4 aromatic rings. The van der Waals surface area contributed by atoms with Crippen molar-refractivity contribution in [3.63, 3.8) is 0 Å². The lowest BCUT2D eigenvalue weighted by Gasteiger charge is -2.13. The number of nitrogens with one attached hydrogen (secondary N) is 1. The molecule has 1 aliphatic rings. The van der Waals surface area contributed by atoms with Crippen molar-refractivity contribution in [3.8, 4) is 22.7 Å². The Morgan fingerprint density at radius 2 is 1.94 bits per heavy atom. The molecule has 5 rings (SSSR count). The van der Waals surface area contributed by atoms with Crippen LogP contribution in [0.2, 0.25) is 0 Å². The number of methoxy groups -OCH3 is 1. The monoisotopic (exact) mass is 416 g/mol. The molecule has 2 aromatic carbocycles. The number of rotatable bonds is 6. The van der Waals surface area contributed by atoms with Crippen LogP contribution in [0.1, 0.15) is 12.8 Å². The predicted molar refractivity (Wildman–Crippen MR) is 121 cm³/mol. The Bertz CT molecular complexity index is 1200. The fourth-order valence-corrected chi connectivity index (χ4v) is 3.90. The summed E-state index contributed by atoms with van der Waals surface area (Å²) in [5.41, 5.74) is 9.45. The average molecular weight is 416 g/mol. The largest absolute Gasteiger partial charge is 0.496 e. The first-order valence-electron chi connectivity index (χ1n) is 10.3. The molecule has 0 saturated carbocycles. The molecule has 0 aliphatic carbocycles. The highest BCUT2D eigenvalue weighted by atomic mass is 16.5. The van der Waals surface area contributed by atoms with Gasteiger partial charge in [-0.05, 0) is 37.1 Å². The van der Waals surface area contributed by atoms with Crippen LogP contribution in [0.5, 0.6) is 5.75 Å². The van der Waals surface area contributed by atoms with E-state index < -0.39 is 0 Å². The average Bonchev–Trinajstić information content (AvgIpc) is 3.46. The van der Waals surface area contributed by atoms with E-state index in [1.165, 1.54) is 0 Å². The summed E-state index contributed by atoms with van der Waals surface area (Å²) in [5.74, 6) is 1.67. The van der Waals surface area contributed by atoms with E-state index in [2.05, 4.69) is 10.3 Å². The molecule has 158 valence electrons. The first-order valence-corrected chi connectivity index (χ1v) is 10.3. The molecule has 31 heavy (non-hydrogen) atoms. The maximum atomic E-state index is 6.56. The molecule has 1 saturated heterocycles. The van der Waals surface area contributed by atoms with Gasteiger partial charge in [0, 0.05) is 18.7 Å². The standard InChI is InChI=1S/C23H24N6O2/c1-30-18-12-6-5-11-17(18)20-19-21(24)29(15-8-3-2-4-9-15)28-22(19)27-23(26-20)25-14-16-10-7-13-31-16/h2-6,8-9,11-12,16H,7,10,13-14,24H2,1H3,(H,25,27,28)/t16-/m1/s1. The van der Waals surface area contributed by atoms with Crippen molar-refractivity contribution >= 4 is 22.8 Å². The molecular weight excluding hydrogens is 392 g/mol. The van der Waals surface area contributed by atoms with E-state index in [0.717, 1.165) is 30.7 Å². The van der Waals surface area contributed by atoms with Gasteiger partial charge in [0.15, 0.2) is 5.65 Å². The molecule has 0 radical (unpaired) electrons. The van der Waals surface area contributed by atoms with Gasteiger partial charge in [-0.25, -0.2) is 9.67 Å². The number of anilines is 2. The molecule has 3 heterocycles. The van der Waals surface area contributed by atoms with Gasteiger partial charge >= 0.3 is 0 Å². The van der Waals surface area contributed by atoms with Crippen molar-refractivity contribution in [2.45, 2.75) is 18.9 Å². The molecule has 1 atom stereocenters. The van der Waals surface area contributed by atoms with E-state index in [1.54, 1.807) is 11.8 Å². The maximum Gasteiger partial charge on any atom is 0.225 e. The van der Waals surface area contributed by atoms with Crippen molar-refractivity contribution in [1.82, 2.24) is 19.7 Å². The van der Waals surface area contributed by atoms with Gasteiger partial charge in [0.05, 0.1) is 30.0 Å². The highest BCUT2D eigenvalue weighted by Gasteiger charge is 2.22. The number of aromatic nitrogens is 4. The summed E-state index contributed by atoms with van der Waals surface area (Å²) in [6, 6.07) is 17.5. The number of hydrogen-bond acceptors (Lipinski definition) is 7. The molecule has 0 unspecified atom stereocenters. The van der Waals surface area contributed by atoms with Crippen LogP contribution in [0.4, 0.5) is 11.8 Å². The Morgan fingerprint density at radius 3 is 2.71 bits per heavy atom. The van der Waals surface area contributed by atoms with Gasteiger partial charge in [-0.15, -0.1) is 5.10 Å². The summed E-state index contributed by atoms with van der Waals surface area (Å²) in [6.07, 6.45) is 2.28. The number of para-hydroxylation sites is 2. The van der Waals surface area contributed by atoms with Crippen molar-refractivity contribution in [1.29, 1.82) is 0 Å². The lowest BCUT2D eigenvalue weighted by Crippen LogP contribution is -2.19. The number of fused-ring (bicyclic) bond motifs is 1. The third-order valence-electron chi connectivity index (χ3n) is 5.44. The Kier molecular flexibility index (Phi) is 5.13. The van der Waals surface area contributed by atoms with Crippen LogP contribution < -0.4 is 15.8 Å². The summed E-state index contributed by atoms with van der Waals surface area (Å²) in [4.78, 5) is 9.47. The molecule has 0 spiro atoms. The van der Waals surface area contributed by atoms with E-state index in [-0.39, 0.29) is 6.10 Å². The molecule has 3 N–H and O–H groups in total. The van der Waals surface area contributed by atoms with Crippen molar-refractivity contribution in [2.75, 3.05) is 31.3 Å². The highest BCUT2D eigenvalue weighted by Crippen LogP contribution is 2.37. The van der Waals surface area contributed by atoms with Crippen LogP contribution in [0, 0.1) is 0 Å². The van der Waals surface area contributed by atoms with Crippen molar-refractivity contribution in [3.05, 3.63) is 54.6 Å². The van der Waals surface area contributed by atoms with Crippen LogP contribution in [-0.4, -0.2) is 46.1 Å². The first kappa shape index (κ1) is 19.3. The second-order valence-corrected chi connectivity index (χ2v) is 7.44. The zero-order valence-corrected chi connectivity index (χ0v) is 17.3. The minimum absolute atomic E-state index is 0.168. The highest BCUT2D eigenvalue weighted by molar-refractivity contribution is 6.00. The summed E-state index contributed by atoms with van der Waals surface area (Å²) >= 11 is 0. The van der Waals surface area contributed by atoms with Gasteiger partial charge in [0.2, 0.25) is 5.95 Å². The number of ether oxygens (including phenoxy) is 2. The van der Waals surface area contributed by atoms with Crippen molar-refractivity contribution in [2.24, 2.45) is 0 Å². The molecular formula is C23H24N6O2. The SMILES string of the molecule is COc1ccccc1-c1nc(NC[C@H]2CCCO2)nc2nn(-c3ccccc3)c(N)c12.